The van der Waals surface area contributed by atoms with Crippen LogP contribution in [-0.2, 0) is 4.79 Å². The van der Waals surface area contributed by atoms with Gasteiger partial charge < -0.3 is 4.90 Å². The maximum Gasteiger partial charge on any atom is 0.223 e. The third kappa shape index (κ3) is 4.58. The van der Waals surface area contributed by atoms with Crippen molar-refractivity contribution in [1.29, 1.82) is 0 Å². The van der Waals surface area contributed by atoms with E-state index in [4.69, 9.17) is 0 Å². The van der Waals surface area contributed by atoms with E-state index in [1.807, 2.05) is 26.1 Å². The Labute approximate surface area is 110 Å². The predicted molar refractivity (Wildman–Crippen MR) is 72.8 cm³/mol. The van der Waals surface area contributed by atoms with Gasteiger partial charge in [-0.3, -0.25) is 4.79 Å². The summed E-state index contributed by atoms with van der Waals surface area (Å²) in [4.78, 5) is 14.5. The second-order valence-electron chi connectivity index (χ2n) is 3.46. The third-order valence-electron chi connectivity index (χ3n) is 2.30. The Morgan fingerprint density at radius 2 is 2.00 bits per heavy atom. The van der Waals surface area contributed by atoms with E-state index in [9.17, 15) is 4.79 Å². The Hall–Kier alpha value is -0.480. The molecule has 0 heterocycles. The number of carbonyl (C=O) groups excluding carboxylic acids is 1. The van der Waals surface area contributed by atoms with Crippen LogP contribution in [0.1, 0.15) is 13.3 Å². The van der Waals surface area contributed by atoms with Crippen LogP contribution >= 0.6 is 27.7 Å². The molecular weight excluding hydrogens is 286 g/mol. The number of carbonyl (C=O) groups is 1. The van der Waals surface area contributed by atoms with Crippen LogP contribution in [0.2, 0.25) is 0 Å². The maximum absolute atomic E-state index is 11.5. The van der Waals surface area contributed by atoms with E-state index in [0.29, 0.717) is 6.42 Å². The molecule has 0 atom stereocenters. The lowest BCUT2D eigenvalue weighted by molar-refractivity contribution is -0.129. The average Bonchev–Trinajstić information content (AvgIpc) is 2.30. The van der Waals surface area contributed by atoms with Crippen molar-refractivity contribution in [2.45, 2.75) is 18.2 Å². The molecule has 0 aromatic heterocycles. The minimum atomic E-state index is 0.215. The lowest BCUT2D eigenvalue weighted by atomic mass is 10.4. The summed E-state index contributed by atoms with van der Waals surface area (Å²) in [6.07, 6.45) is 0.602. The molecule has 0 spiro atoms. The second-order valence-corrected chi connectivity index (χ2v) is 5.54. The van der Waals surface area contributed by atoms with Crippen LogP contribution in [0.25, 0.3) is 0 Å². The highest BCUT2D eigenvalue weighted by Gasteiger charge is 2.05. The first-order valence-electron chi connectivity index (χ1n) is 5.25. The molecule has 88 valence electrons. The van der Waals surface area contributed by atoms with Crippen LogP contribution in [0.15, 0.2) is 33.6 Å². The minimum absolute atomic E-state index is 0.215. The number of amides is 1. The number of nitrogens with zero attached hydrogens (tertiary/aromatic N) is 1. The van der Waals surface area contributed by atoms with Crippen molar-refractivity contribution in [3.05, 3.63) is 28.7 Å². The van der Waals surface area contributed by atoms with E-state index >= 15 is 0 Å². The molecule has 1 aromatic carbocycles. The zero-order chi connectivity index (χ0) is 12.0. The summed E-state index contributed by atoms with van der Waals surface area (Å²) in [6.45, 7) is 2.77. The molecule has 1 rings (SSSR count). The van der Waals surface area contributed by atoms with Gasteiger partial charge in [-0.1, -0.05) is 15.9 Å². The highest BCUT2D eigenvalue weighted by molar-refractivity contribution is 9.10. The van der Waals surface area contributed by atoms with Crippen LogP contribution in [0.3, 0.4) is 0 Å². The van der Waals surface area contributed by atoms with Crippen molar-refractivity contribution in [1.82, 2.24) is 4.90 Å². The van der Waals surface area contributed by atoms with Gasteiger partial charge in [-0.2, -0.15) is 0 Å². The highest BCUT2D eigenvalue weighted by atomic mass is 79.9. The van der Waals surface area contributed by atoms with E-state index in [2.05, 4.69) is 28.1 Å². The molecule has 0 radical (unpaired) electrons. The van der Waals surface area contributed by atoms with Crippen LogP contribution < -0.4 is 0 Å². The Bertz CT molecular complexity index is 339. The summed E-state index contributed by atoms with van der Waals surface area (Å²) >= 11 is 5.11. The van der Waals surface area contributed by atoms with E-state index in [1.165, 1.54) is 4.90 Å². The lowest BCUT2D eigenvalue weighted by Crippen LogP contribution is -2.26. The summed E-state index contributed by atoms with van der Waals surface area (Å²) < 4.78 is 1.08. The zero-order valence-electron chi connectivity index (χ0n) is 9.57. The second kappa shape index (κ2) is 6.97. The van der Waals surface area contributed by atoms with Gasteiger partial charge in [0.2, 0.25) is 5.91 Å². The van der Waals surface area contributed by atoms with Crippen LogP contribution in [0, 0.1) is 0 Å². The summed E-state index contributed by atoms with van der Waals surface area (Å²) in [5.41, 5.74) is 0. The predicted octanol–water partition coefficient (Wildman–Crippen LogP) is 3.41. The molecular formula is C12H16BrNOS. The normalized spacial score (nSPS) is 10.2. The molecule has 0 saturated heterocycles. The molecule has 16 heavy (non-hydrogen) atoms. The SMILES string of the molecule is CCN(C)C(=O)CCSc1ccc(Br)cc1. The molecule has 0 aliphatic heterocycles. The van der Waals surface area contributed by atoms with Gasteiger partial charge in [0, 0.05) is 35.1 Å². The lowest BCUT2D eigenvalue weighted by Gasteiger charge is -2.13. The van der Waals surface area contributed by atoms with E-state index < -0.39 is 0 Å². The molecule has 0 saturated carbocycles. The fourth-order valence-corrected chi connectivity index (χ4v) is 2.26. The molecule has 0 aliphatic carbocycles. The van der Waals surface area contributed by atoms with Gasteiger partial charge in [0.25, 0.3) is 0 Å². The molecule has 2 nitrogen and oxygen atoms in total. The molecule has 1 aromatic rings. The Kier molecular flexibility index (Phi) is 5.91. The summed E-state index contributed by atoms with van der Waals surface area (Å²) in [5, 5.41) is 0. The van der Waals surface area contributed by atoms with Crippen molar-refractivity contribution < 1.29 is 4.79 Å². The van der Waals surface area contributed by atoms with Crippen LogP contribution in [0.5, 0.6) is 0 Å². The van der Waals surface area contributed by atoms with Gasteiger partial charge in [0.15, 0.2) is 0 Å². The zero-order valence-corrected chi connectivity index (χ0v) is 12.0. The van der Waals surface area contributed by atoms with Crippen molar-refractivity contribution in [3.63, 3.8) is 0 Å². The van der Waals surface area contributed by atoms with Crippen LogP contribution in [-0.4, -0.2) is 30.2 Å². The first-order chi connectivity index (χ1) is 7.63. The molecule has 0 unspecified atom stereocenters. The third-order valence-corrected chi connectivity index (χ3v) is 3.84. The van der Waals surface area contributed by atoms with Gasteiger partial charge in [0.1, 0.15) is 0 Å². The Morgan fingerprint density at radius 3 is 2.56 bits per heavy atom. The monoisotopic (exact) mass is 301 g/mol. The van der Waals surface area contributed by atoms with E-state index in [1.54, 1.807) is 16.7 Å². The number of rotatable bonds is 5. The smallest absolute Gasteiger partial charge is 0.223 e. The van der Waals surface area contributed by atoms with Crippen molar-refractivity contribution in [2.75, 3.05) is 19.3 Å². The average molecular weight is 302 g/mol. The number of hydrogen-bond donors (Lipinski definition) is 0. The molecule has 0 N–H and O–H groups in total. The standard InChI is InChI=1S/C12H16BrNOS/c1-3-14(2)12(15)8-9-16-11-6-4-10(13)5-7-11/h4-7H,3,8-9H2,1-2H3. The topological polar surface area (TPSA) is 20.3 Å². The van der Waals surface area contributed by atoms with Crippen LogP contribution in [0.4, 0.5) is 0 Å². The minimum Gasteiger partial charge on any atom is -0.346 e. The maximum atomic E-state index is 11.5. The Morgan fingerprint density at radius 1 is 1.38 bits per heavy atom. The van der Waals surface area contributed by atoms with E-state index in [0.717, 1.165) is 16.8 Å². The summed E-state index contributed by atoms with van der Waals surface area (Å²) in [7, 11) is 1.84. The molecule has 4 heteroatoms. The van der Waals surface area contributed by atoms with Gasteiger partial charge in [-0.15, -0.1) is 11.8 Å². The van der Waals surface area contributed by atoms with Gasteiger partial charge >= 0.3 is 0 Å². The first kappa shape index (κ1) is 13.6. The van der Waals surface area contributed by atoms with Crippen molar-refractivity contribution in [3.8, 4) is 0 Å². The molecule has 1 amide bonds. The van der Waals surface area contributed by atoms with Gasteiger partial charge in [-0.25, -0.2) is 0 Å². The Balaban J connectivity index is 2.30. The summed E-state index contributed by atoms with van der Waals surface area (Å²) in [5.74, 6) is 1.05. The quantitative estimate of drug-likeness (QED) is 0.777. The fourth-order valence-electron chi connectivity index (χ4n) is 1.15. The van der Waals surface area contributed by atoms with Gasteiger partial charge in [0.05, 0.1) is 0 Å². The molecule has 0 bridgehead atoms. The fraction of sp³-hybridized carbons (Fsp3) is 0.417. The van der Waals surface area contributed by atoms with E-state index in [-0.39, 0.29) is 5.91 Å². The number of hydrogen-bond acceptors (Lipinski definition) is 2. The van der Waals surface area contributed by atoms with Crippen molar-refractivity contribution in [2.24, 2.45) is 0 Å². The molecule has 0 fully saturated rings. The van der Waals surface area contributed by atoms with Crippen molar-refractivity contribution >= 4 is 33.6 Å². The first-order valence-corrected chi connectivity index (χ1v) is 7.03. The number of thioether (sulfide) groups is 1. The van der Waals surface area contributed by atoms with Gasteiger partial charge in [-0.05, 0) is 31.2 Å². The highest BCUT2D eigenvalue weighted by Crippen LogP contribution is 2.21. The molecule has 0 aliphatic rings. The summed E-state index contributed by atoms with van der Waals surface area (Å²) in [6, 6.07) is 8.15. The number of halogens is 1. The number of benzene rings is 1. The largest absolute Gasteiger partial charge is 0.346 e.